The van der Waals surface area contributed by atoms with Gasteiger partial charge < -0.3 is 0 Å². The average molecular weight is 241 g/mol. The van der Waals surface area contributed by atoms with Crippen LogP contribution in [0, 0.1) is 6.92 Å². The first-order chi connectivity index (χ1) is 8.25. The van der Waals surface area contributed by atoms with Crippen molar-refractivity contribution in [1.82, 2.24) is 0 Å². The van der Waals surface area contributed by atoms with Crippen LogP contribution in [0.3, 0.4) is 0 Å². The van der Waals surface area contributed by atoms with Crippen LogP contribution in [0.1, 0.15) is 18.1 Å². The van der Waals surface area contributed by atoms with Crippen LogP contribution in [-0.2, 0) is 0 Å². The van der Waals surface area contributed by atoms with Gasteiger partial charge in [-0.3, -0.25) is 0 Å². The summed E-state index contributed by atoms with van der Waals surface area (Å²) in [5.41, 5.74) is 3.50. The van der Waals surface area contributed by atoms with Crippen molar-refractivity contribution in [2.24, 2.45) is 4.40 Å². The van der Waals surface area contributed by atoms with Crippen LogP contribution >= 0.6 is 11.9 Å². The Morgan fingerprint density at radius 1 is 0.941 bits per heavy atom. The first kappa shape index (κ1) is 11.9. The second-order valence-corrected chi connectivity index (χ2v) is 4.78. The molecule has 0 aliphatic carbocycles. The highest BCUT2D eigenvalue weighted by atomic mass is 32.2. The van der Waals surface area contributed by atoms with Crippen molar-refractivity contribution in [2.75, 3.05) is 0 Å². The monoisotopic (exact) mass is 241 g/mol. The molecule has 0 atom stereocenters. The third-order valence-electron chi connectivity index (χ3n) is 2.50. The predicted molar refractivity (Wildman–Crippen MR) is 75.7 cm³/mol. The van der Waals surface area contributed by atoms with Crippen LogP contribution < -0.4 is 0 Å². The van der Waals surface area contributed by atoms with Gasteiger partial charge in [0, 0.05) is 16.8 Å². The third kappa shape index (κ3) is 3.46. The van der Waals surface area contributed by atoms with Crippen LogP contribution in [0.4, 0.5) is 0 Å². The van der Waals surface area contributed by atoms with Gasteiger partial charge in [-0.2, -0.15) is 0 Å². The van der Waals surface area contributed by atoms with Gasteiger partial charge in [0.25, 0.3) is 0 Å². The highest BCUT2D eigenvalue weighted by Gasteiger charge is 1.96. The minimum absolute atomic E-state index is 1.05. The van der Waals surface area contributed by atoms with Crippen molar-refractivity contribution in [2.45, 2.75) is 18.7 Å². The molecule has 0 heterocycles. The second kappa shape index (κ2) is 5.69. The first-order valence-electron chi connectivity index (χ1n) is 5.59. The molecule has 2 aromatic carbocycles. The van der Waals surface area contributed by atoms with Gasteiger partial charge in [-0.15, -0.1) is 0 Å². The topological polar surface area (TPSA) is 12.4 Å². The molecule has 0 N–H and O–H groups in total. The smallest absolute Gasteiger partial charge is 0.0532 e. The molecule has 0 amide bonds. The summed E-state index contributed by atoms with van der Waals surface area (Å²) >= 11 is 1.52. The van der Waals surface area contributed by atoms with Crippen molar-refractivity contribution in [3.05, 3.63) is 65.7 Å². The molecule has 0 spiro atoms. The summed E-state index contributed by atoms with van der Waals surface area (Å²) in [7, 11) is 0. The van der Waals surface area contributed by atoms with Gasteiger partial charge in [0.2, 0.25) is 0 Å². The summed E-state index contributed by atoms with van der Waals surface area (Å²) < 4.78 is 4.53. The van der Waals surface area contributed by atoms with E-state index in [-0.39, 0.29) is 0 Å². The molecule has 86 valence electrons. The lowest BCUT2D eigenvalue weighted by Crippen LogP contribution is -1.91. The van der Waals surface area contributed by atoms with Gasteiger partial charge in [-0.05, 0) is 31.5 Å². The van der Waals surface area contributed by atoms with Crippen LogP contribution in [0.5, 0.6) is 0 Å². The highest BCUT2D eigenvalue weighted by molar-refractivity contribution is 7.98. The summed E-state index contributed by atoms with van der Waals surface area (Å²) in [6.07, 6.45) is 0. The van der Waals surface area contributed by atoms with E-state index in [0.717, 1.165) is 5.71 Å². The fourth-order valence-corrected chi connectivity index (χ4v) is 2.06. The molecule has 17 heavy (non-hydrogen) atoms. The summed E-state index contributed by atoms with van der Waals surface area (Å²) in [4.78, 5) is 1.17. The molecule has 0 aliphatic rings. The van der Waals surface area contributed by atoms with E-state index in [1.807, 2.05) is 25.1 Å². The van der Waals surface area contributed by atoms with E-state index in [0.29, 0.717) is 0 Å². The van der Waals surface area contributed by atoms with E-state index >= 15 is 0 Å². The molecule has 0 aromatic heterocycles. The fraction of sp³-hybridized carbons (Fsp3) is 0.133. The Morgan fingerprint density at radius 2 is 1.59 bits per heavy atom. The number of benzene rings is 2. The van der Waals surface area contributed by atoms with Gasteiger partial charge in [0.15, 0.2) is 0 Å². The Bertz CT molecular complexity index is 500. The maximum absolute atomic E-state index is 4.53. The Hall–Kier alpha value is -1.54. The van der Waals surface area contributed by atoms with E-state index in [1.54, 1.807) is 0 Å². The normalized spacial score (nSPS) is 11.5. The largest absolute Gasteiger partial charge is 0.216 e. The molecule has 1 nitrogen and oxygen atoms in total. The van der Waals surface area contributed by atoms with Crippen molar-refractivity contribution in [3.63, 3.8) is 0 Å². The molecule has 2 heteroatoms. The molecule has 0 unspecified atom stereocenters. The SMILES string of the molecule is C/C(=N\Sc1ccc(C)cc1)c1ccccc1. The summed E-state index contributed by atoms with van der Waals surface area (Å²) in [6, 6.07) is 18.7. The molecule has 0 saturated heterocycles. The number of hydrogen-bond donors (Lipinski definition) is 0. The summed E-state index contributed by atoms with van der Waals surface area (Å²) in [5.74, 6) is 0. The Labute approximate surface area is 107 Å². The average Bonchev–Trinajstić information content (AvgIpc) is 2.39. The van der Waals surface area contributed by atoms with Crippen molar-refractivity contribution >= 4 is 17.7 Å². The van der Waals surface area contributed by atoms with E-state index in [9.17, 15) is 0 Å². The molecule has 0 saturated carbocycles. The van der Waals surface area contributed by atoms with E-state index < -0.39 is 0 Å². The predicted octanol–water partition coefficient (Wildman–Crippen LogP) is 4.51. The quantitative estimate of drug-likeness (QED) is 0.569. The zero-order valence-corrected chi connectivity index (χ0v) is 10.9. The van der Waals surface area contributed by atoms with Gasteiger partial charge in [-0.25, -0.2) is 4.40 Å². The zero-order valence-electron chi connectivity index (χ0n) is 10.1. The molecule has 0 radical (unpaired) electrons. The molecule has 2 aromatic rings. The zero-order chi connectivity index (χ0) is 12.1. The number of hydrogen-bond acceptors (Lipinski definition) is 2. The van der Waals surface area contributed by atoms with E-state index in [1.165, 1.54) is 28.0 Å². The molecule has 0 fully saturated rings. The Morgan fingerprint density at radius 3 is 2.24 bits per heavy atom. The summed E-state index contributed by atoms with van der Waals surface area (Å²) in [5, 5.41) is 0. The van der Waals surface area contributed by atoms with Crippen LogP contribution in [0.25, 0.3) is 0 Å². The van der Waals surface area contributed by atoms with E-state index in [4.69, 9.17) is 0 Å². The molecule has 0 aliphatic heterocycles. The Balaban J connectivity index is 2.08. The van der Waals surface area contributed by atoms with Gasteiger partial charge in [-0.1, -0.05) is 48.0 Å². The molecule has 2 rings (SSSR count). The lowest BCUT2D eigenvalue weighted by Gasteiger charge is -2.00. The standard InChI is InChI=1S/C15H15NS/c1-12-8-10-15(11-9-12)17-16-13(2)14-6-4-3-5-7-14/h3-11H,1-2H3/b16-13+. The lowest BCUT2D eigenvalue weighted by atomic mass is 10.1. The van der Waals surface area contributed by atoms with Crippen LogP contribution in [0.15, 0.2) is 63.9 Å². The molecular formula is C15H15NS. The Kier molecular flexibility index (Phi) is 3.99. The number of aryl methyl sites for hydroxylation is 1. The highest BCUT2D eigenvalue weighted by Crippen LogP contribution is 2.20. The van der Waals surface area contributed by atoms with Crippen LogP contribution in [-0.4, -0.2) is 5.71 Å². The van der Waals surface area contributed by atoms with Crippen molar-refractivity contribution < 1.29 is 0 Å². The minimum atomic E-state index is 1.05. The summed E-state index contributed by atoms with van der Waals surface area (Å²) in [6.45, 7) is 4.13. The molecular weight excluding hydrogens is 226 g/mol. The second-order valence-electron chi connectivity index (χ2n) is 3.95. The van der Waals surface area contributed by atoms with Gasteiger partial charge in [0.1, 0.15) is 0 Å². The maximum Gasteiger partial charge on any atom is 0.0532 e. The minimum Gasteiger partial charge on any atom is -0.216 e. The number of nitrogens with zero attached hydrogens (tertiary/aromatic N) is 1. The fourth-order valence-electron chi connectivity index (χ4n) is 1.45. The number of rotatable bonds is 3. The lowest BCUT2D eigenvalue weighted by molar-refractivity contribution is 1.38. The molecule has 0 bridgehead atoms. The first-order valence-corrected chi connectivity index (χ1v) is 6.37. The van der Waals surface area contributed by atoms with Gasteiger partial charge >= 0.3 is 0 Å². The third-order valence-corrected chi connectivity index (χ3v) is 3.35. The van der Waals surface area contributed by atoms with Crippen molar-refractivity contribution in [3.8, 4) is 0 Å². The maximum atomic E-state index is 4.53. The van der Waals surface area contributed by atoms with Gasteiger partial charge in [0.05, 0.1) is 5.71 Å². The van der Waals surface area contributed by atoms with E-state index in [2.05, 4.69) is 47.7 Å². The van der Waals surface area contributed by atoms with Crippen molar-refractivity contribution in [1.29, 1.82) is 0 Å². The van der Waals surface area contributed by atoms with Crippen LogP contribution in [0.2, 0.25) is 0 Å².